The van der Waals surface area contributed by atoms with Crippen molar-refractivity contribution < 1.29 is 14.3 Å². The molecule has 0 bridgehead atoms. The van der Waals surface area contributed by atoms with Gasteiger partial charge in [0.2, 0.25) is 0 Å². The third kappa shape index (κ3) is 4.63. The lowest BCUT2D eigenvalue weighted by Gasteiger charge is -2.14. The van der Waals surface area contributed by atoms with Gasteiger partial charge in [0, 0.05) is 0 Å². The van der Waals surface area contributed by atoms with Crippen LogP contribution in [0.4, 0.5) is 11.4 Å². The molecule has 5 nitrogen and oxygen atoms in total. The summed E-state index contributed by atoms with van der Waals surface area (Å²) in [5.41, 5.74) is 0.666. The Morgan fingerprint density at radius 3 is 2.17 bits per heavy atom. The van der Waals surface area contributed by atoms with Gasteiger partial charge in [0.15, 0.2) is 0 Å². The summed E-state index contributed by atoms with van der Waals surface area (Å²) in [6.45, 7) is 3.74. The molecule has 0 spiro atoms. The van der Waals surface area contributed by atoms with Gasteiger partial charge >= 0.3 is 11.8 Å². The molecule has 0 aromatic heterocycles. The molecule has 0 heterocycles. The van der Waals surface area contributed by atoms with E-state index in [1.54, 1.807) is 42.5 Å². The van der Waals surface area contributed by atoms with E-state index in [2.05, 4.69) is 10.6 Å². The standard InChI is InChI=1S/C17H16Cl2N2O3/c1-10(2)24-14-9-4-3-7-12(14)20-16(22)17(23)21-13-8-5-6-11(18)15(13)19/h3-10H,1-2H3,(H,20,22)(H,21,23). The van der Waals surface area contributed by atoms with Crippen LogP contribution < -0.4 is 15.4 Å². The van der Waals surface area contributed by atoms with Crippen molar-refractivity contribution >= 4 is 46.4 Å². The second-order valence-electron chi connectivity index (χ2n) is 5.17. The van der Waals surface area contributed by atoms with Gasteiger partial charge < -0.3 is 15.4 Å². The molecule has 2 rings (SSSR count). The number of halogens is 2. The van der Waals surface area contributed by atoms with Gasteiger partial charge in [-0.2, -0.15) is 0 Å². The molecule has 126 valence electrons. The van der Waals surface area contributed by atoms with Crippen molar-refractivity contribution in [3.63, 3.8) is 0 Å². The Kier molecular flexibility index (Phi) is 6.06. The van der Waals surface area contributed by atoms with Crippen molar-refractivity contribution in [2.75, 3.05) is 10.6 Å². The van der Waals surface area contributed by atoms with Crippen molar-refractivity contribution in [1.29, 1.82) is 0 Å². The lowest BCUT2D eigenvalue weighted by molar-refractivity contribution is -0.133. The highest BCUT2D eigenvalue weighted by Gasteiger charge is 2.18. The van der Waals surface area contributed by atoms with Crippen molar-refractivity contribution in [3.8, 4) is 5.75 Å². The number of benzene rings is 2. The third-order valence-corrected chi connectivity index (χ3v) is 3.72. The van der Waals surface area contributed by atoms with Gasteiger partial charge in [-0.05, 0) is 38.1 Å². The summed E-state index contributed by atoms with van der Waals surface area (Å²) < 4.78 is 5.59. The second-order valence-corrected chi connectivity index (χ2v) is 5.96. The van der Waals surface area contributed by atoms with E-state index < -0.39 is 11.8 Å². The SMILES string of the molecule is CC(C)Oc1ccccc1NC(=O)C(=O)Nc1cccc(Cl)c1Cl. The number of para-hydroxylation sites is 2. The maximum Gasteiger partial charge on any atom is 0.314 e. The Bertz CT molecular complexity index is 763. The van der Waals surface area contributed by atoms with E-state index >= 15 is 0 Å². The number of amides is 2. The Morgan fingerprint density at radius 2 is 1.50 bits per heavy atom. The fourth-order valence-electron chi connectivity index (χ4n) is 1.89. The molecule has 24 heavy (non-hydrogen) atoms. The first-order valence-electron chi connectivity index (χ1n) is 7.20. The Labute approximate surface area is 149 Å². The first-order chi connectivity index (χ1) is 11.4. The summed E-state index contributed by atoms with van der Waals surface area (Å²) in [7, 11) is 0. The van der Waals surface area contributed by atoms with Gasteiger partial charge in [0.25, 0.3) is 0 Å². The van der Waals surface area contributed by atoms with Gasteiger partial charge in [0.05, 0.1) is 27.5 Å². The highest BCUT2D eigenvalue weighted by Crippen LogP contribution is 2.29. The molecular weight excluding hydrogens is 351 g/mol. The maximum atomic E-state index is 12.1. The molecular formula is C17H16Cl2N2O3. The molecule has 2 N–H and O–H groups in total. The number of hydrogen-bond donors (Lipinski definition) is 2. The van der Waals surface area contributed by atoms with Crippen LogP contribution in [0.3, 0.4) is 0 Å². The van der Waals surface area contributed by atoms with Crippen molar-refractivity contribution in [2.45, 2.75) is 20.0 Å². The van der Waals surface area contributed by atoms with E-state index in [0.717, 1.165) is 0 Å². The maximum absolute atomic E-state index is 12.1. The highest BCUT2D eigenvalue weighted by molar-refractivity contribution is 6.47. The molecule has 0 aliphatic carbocycles. The fourth-order valence-corrected chi connectivity index (χ4v) is 2.23. The van der Waals surface area contributed by atoms with E-state index in [9.17, 15) is 9.59 Å². The topological polar surface area (TPSA) is 67.4 Å². The van der Waals surface area contributed by atoms with Crippen LogP contribution in [0.2, 0.25) is 10.0 Å². The van der Waals surface area contributed by atoms with Gasteiger partial charge in [0.1, 0.15) is 5.75 Å². The molecule has 2 amide bonds. The van der Waals surface area contributed by atoms with Gasteiger partial charge in [-0.1, -0.05) is 41.4 Å². The highest BCUT2D eigenvalue weighted by atomic mass is 35.5. The minimum Gasteiger partial charge on any atom is -0.489 e. The Balaban J connectivity index is 2.10. The summed E-state index contributed by atoms with van der Waals surface area (Å²) in [5.74, 6) is -1.22. The number of ether oxygens (including phenoxy) is 1. The van der Waals surface area contributed by atoms with Crippen molar-refractivity contribution in [1.82, 2.24) is 0 Å². The lowest BCUT2D eigenvalue weighted by atomic mass is 10.2. The average Bonchev–Trinajstić information content (AvgIpc) is 2.53. The Morgan fingerprint density at radius 1 is 0.917 bits per heavy atom. The van der Waals surface area contributed by atoms with Crippen molar-refractivity contribution in [3.05, 3.63) is 52.5 Å². The first kappa shape index (κ1) is 18.1. The lowest BCUT2D eigenvalue weighted by Crippen LogP contribution is -2.29. The van der Waals surface area contributed by atoms with E-state index in [4.69, 9.17) is 27.9 Å². The quantitative estimate of drug-likeness (QED) is 0.790. The molecule has 0 atom stereocenters. The third-order valence-electron chi connectivity index (χ3n) is 2.90. The molecule has 0 unspecified atom stereocenters. The number of carbonyl (C=O) groups excluding carboxylic acids is 2. The second kappa shape index (κ2) is 8.04. The van der Waals surface area contributed by atoms with Crippen LogP contribution >= 0.6 is 23.2 Å². The van der Waals surface area contributed by atoms with Crippen molar-refractivity contribution in [2.24, 2.45) is 0 Å². The average molecular weight is 367 g/mol. The van der Waals surface area contributed by atoms with Gasteiger partial charge in [-0.3, -0.25) is 9.59 Å². The predicted octanol–water partition coefficient (Wildman–Crippen LogP) is 4.36. The van der Waals surface area contributed by atoms with Crippen LogP contribution in [0.25, 0.3) is 0 Å². The zero-order valence-electron chi connectivity index (χ0n) is 13.1. The number of anilines is 2. The largest absolute Gasteiger partial charge is 0.489 e. The monoisotopic (exact) mass is 366 g/mol. The summed E-state index contributed by atoms with van der Waals surface area (Å²) in [5, 5.41) is 5.39. The van der Waals surface area contributed by atoms with Gasteiger partial charge in [-0.25, -0.2) is 0 Å². The molecule has 7 heteroatoms. The van der Waals surface area contributed by atoms with E-state index in [1.165, 1.54) is 0 Å². The van der Waals surface area contributed by atoms with Crippen LogP contribution in [0, 0.1) is 0 Å². The summed E-state index contributed by atoms with van der Waals surface area (Å²) in [6, 6.07) is 11.6. The molecule has 2 aromatic rings. The van der Waals surface area contributed by atoms with Crippen LogP contribution in [0.1, 0.15) is 13.8 Å². The molecule has 0 saturated heterocycles. The molecule has 2 aromatic carbocycles. The summed E-state index contributed by atoms with van der Waals surface area (Å²) in [4.78, 5) is 24.1. The minimum atomic E-state index is -0.862. The fraction of sp³-hybridized carbons (Fsp3) is 0.176. The summed E-state index contributed by atoms with van der Waals surface area (Å²) >= 11 is 11.9. The normalized spacial score (nSPS) is 10.4. The predicted molar refractivity (Wildman–Crippen MR) is 95.9 cm³/mol. The molecule has 0 fully saturated rings. The zero-order valence-corrected chi connectivity index (χ0v) is 14.6. The number of carbonyl (C=O) groups is 2. The minimum absolute atomic E-state index is 0.0675. The van der Waals surface area contributed by atoms with Crippen LogP contribution in [-0.2, 0) is 9.59 Å². The van der Waals surface area contributed by atoms with Crippen LogP contribution in [-0.4, -0.2) is 17.9 Å². The molecule has 0 saturated carbocycles. The Hall–Kier alpha value is -2.24. The summed E-state index contributed by atoms with van der Waals surface area (Å²) in [6.07, 6.45) is -0.0675. The number of hydrogen-bond acceptors (Lipinski definition) is 3. The molecule has 0 radical (unpaired) electrons. The first-order valence-corrected chi connectivity index (χ1v) is 7.96. The number of rotatable bonds is 4. The van der Waals surface area contributed by atoms with Crippen LogP contribution in [0.15, 0.2) is 42.5 Å². The zero-order chi connectivity index (χ0) is 17.7. The van der Waals surface area contributed by atoms with E-state index in [-0.39, 0.29) is 21.8 Å². The van der Waals surface area contributed by atoms with E-state index in [1.807, 2.05) is 13.8 Å². The molecule has 0 aliphatic heterocycles. The molecule has 0 aliphatic rings. The number of nitrogens with one attached hydrogen (secondary N) is 2. The smallest absolute Gasteiger partial charge is 0.314 e. The van der Waals surface area contributed by atoms with E-state index in [0.29, 0.717) is 11.4 Å². The van der Waals surface area contributed by atoms with Crippen LogP contribution in [0.5, 0.6) is 5.75 Å². The van der Waals surface area contributed by atoms with Gasteiger partial charge in [-0.15, -0.1) is 0 Å².